The maximum Gasteiger partial charge on any atom is 0.337 e. The predicted molar refractivity (Wildman–Crippen MR) is 68.6 cm³/mol. The molecule has 6 atom stereocenters. The van der Waals surface area contributed by atoms with Crippen molar-refractivity contribution < 1.29 is 28.5 Å². The summed E-state index contributed by atoms with van der Waals surface area (Å²) in [7, 11) is 1.33. The minimum Gasteiger partial charge on any atom is -0.471 e. The van der Waals surface area contributed by atoms with E-state index in [0.29, 0.717) is 12.0 Å². The van der Waals surface area contributed by atoms with Crippen molar-refractivity contribution in [2.45, 2.75) is 31.3 Å². The van der Waals surface area contributed by atoms with Crippen LogP contribution in [0.4, 0.5) is 0 Å². The molecule has 0 bridgehead atoms. The Labute approximate surface area is 121 Å². The first-order valence-electron chi connectivity index (χ1n) is 7.14. The van der Waals surface area contributed by atoms with Crippen molar-refractivity contribution in [2.75, 3.05) is 7.11 Å². The lowest BCUT2D eigenvalue weighted by Crippen LogP contribution is -2.43. The van der Waals surface area contributed by atoms with E-state index < -0.39 is 17.9 Å². The fourth-order valence-electron chi connectivity index (χ4n) is 4.03. The third-order valence-electron chi connectivity index (χ3n) is 4.99. The highest BCUT2D eigenvalue weighted by molar-refractivity contribution is 5.90. The molecule has 0 aromatic heterocycles. The van der Waals surface area contributed by atoms with Crippen LogP contribution in [0.1, 0.15) is 13.3 Å². The highest BCUT2D eigenvalue weighted by Gasteiger charge is 2.71. The zero-order chi connectivity index (χ0) is 14.8. The normalized spacial score (nSPS) is 45.5. The van der Waals surface area contributed by atoms with E-state index >= 15 is 0 Å². The van der Waals surface area contributed by atoms with E-state index in [4.69, 9.17) is 18.9 Å². The lowest BCUT2D eigenvalue weighted by molar-refractivity contribution is -0.162. The number of methoxy groups -OCH3 is 1. The lowest BCUT2D eigenvalue weighted by Gasteiger charge is -2.32. The van der Waals surface area contributed by atoms with Crippen LogP contribution in [-0.4, -0.2) is 37.0 Å². The zero-order valence-electron chi connectivity index (χ0n) is 11.8. The van der Waals surface area contributed by atoms with Gasteiger partial charge in [0, 0.05) is 5.92 Å². The minimum absolute atomic E-state index is 0.204. The Balaban J connectivity index is 1.74. The quantitative estimate of drug-likeness (QED) is 0.557. The Morgan fingerprint density at radius 3 is 3.00 bits per heavy atom. The van der Waals surface area contributed by atoms with E-state index in [0.717, 1.165) is 0 Å². The molecule has 0 N–H and O–H groups in total. The third kappa shape index (κ3) is 1.41. The molecule has 0 unspecified atom stereocenters. The fraction of sp³-hybridized carbons (Fsp3) is 0.600. The summed E-state index contributed by atoms with van der Waals surface area (Å²) in [6.45, 7) is 1.94. The van der Waals surface area contributed by atoms with Crippen LogP contribution in [0.2, 0.25) is 0 Å². The van der Waals surface area contributed by atoms with Gasteiger partial charge in [0.25, 0.3) is 0 Å². The zero-order valence-corrected chi connectivity index (χ0v) is 11.8. The van der Waals surface area contributed by atoms with E-state index in [1.165, 1.54) is 13.4 Å². The van der Waals surface area contributed by atoms with Gasteiger partial charge in [-0.3, -0.25) is 4.79 Å². The van der Waals surface area contributed by atoms with Gasteiger partial charge in [-0.05, 0) is 12.5 Å². The molecule has 112 valence electrons. The molecule has 0 radical (unpaired) electrons. The van der Waals surface area contributed by atoms with Gasteiger partial charge in [-0.2, -0.15) is 0 Å². The fourth-order valence-corrected chi connectivity index (χ4v) is 4.03. The molecule has 2 fully saturated rings. The number of carbonyl (C=O) groups is 2. The molecular weight excluding hydrogens is 276 g/mol. The lowest BCUT2D eigenvalue weighted by atomic mass is 9.77. The van der Waals surface area contributed by atoms with Crippen LogP contribution < -0.4 is 0 Å². The van der Waals surface area contributed by atoms with Gasteiger partial charge in [-0.25, -0.2) is 4.79 Å². The Bertz CT molecular complexity index is 579. The summed E-state index contributed by atoms with van der Waals surface area (Å²) in [6.07, 6.45) is 4.99. The maximum atomic E-state index is 12.1. The number of hydrogen-bond donors (Lipinski definition) is 0. The van der Waals surface area contributed by atoms with Crippen LogP contribution in [0, 0.1) is 17.8 Å². The molecular formula is C15H16O6. The van der Waals surface area contributed by atoms with Gasteiger partial charge in [-0.1, -0.05) is 13.0 Å². The summed E-state index contributed by atoms with van der Waals surface area (Å²) in [5, 5.41) is 0. The molecule has 1 spiro atoms. The Kier molecular flexibility index (Phi) is 2.52. The van der Waals surface area contributed by atoms with Gasteiger partial charge in [0.2, 0.25) is 6.29 Å². The van der Waals surface area contributed by atoms with E-state index in [1.54, 1.807) is 0 Å². The molecule has 6 heteroatoms. The topological polar surface area (TPSA) is 71.1 Å². The molecule has 4 aliphatic rings. The van der Waals surface area contributed by atoms with Crippen molar-refractivity contribution >= 4 is 11.9 Å². The molecule has 0 aromatic rings. The smallest absolute Gasteiger partial charge is 0.337 e. The number of carbonyl (C=O) groups excluding carboxylic acids is 2. The average molecular weight is 292 g/mol. The summed E-state index contributed by atoms with van der Waals surface area (Å²) in [4.78, 5) is 23.9. The number of esters is 2. The molecule has 21 heavy (non-hydrogen) atoms. The molecule has 1 aliphatic carbocycles. The van der Waals surface area contributed by atoms with Crippen LogP contribution in [0.3, 0.4) is 0 Å². The van der Waals surface area contributed by atoms with Gasteiger partial charge in [0.15, 0.2) is 5.60 Å². The van der Waals surface area contributed by atoms with E-state index in [-0.39, 0.29) is 29.8 Å². The first-order chi connectivity index (χ1) is 10.1. The van der Waals surface area contributed by atoms with Crippen molar-refractivity contribution in [3.05, 3.63) is 24.0 Å². The molecule has 0 aromatic carbocycles. The first kappa shape index (κ1) is 12.9. The van der Waals surface area contributed by atoms with Crippen molar-refractivity contribution in [2.24, 2.45) is 17.8 Å². The predicted octanol–water partition coefficient (Wildman–Crippen LogP) is 0.922. The largest absolute Gasteiger partial charge is 0.471 e. The number of allylic oxidation sites excluding steroid dienone is 1. The number of ether oxygens (including phenoxy) is 4. The first-order valence-corrected chi connectivity index (χ1v) is 7.14. The average Bonchev–Trinajstić information content (AvgIpc) is 3.08. The van der Waals surface area contributed by atoms with Crippen molar-refractivity contribution in [3.8, 4) is 0 Å². The Hall–Kier alpha value is -1.82. The molecule has 0 amide bonds. The van der Waals surface area contributed by atoms with Crippen LogP contribution in [-0.2, 0) is 28.5 Å². The number of rotatable bonds is 2. The van der Waals surface area contributed by atoms with Gasteiger partial charge >= 0.3 is 11.9 Å². The molecule has 0 saturated carbocycles. The second kappa shape index (κ2) is 4.10. The van der Waals surface area contributed by atoms with E-state index in [9.17, 15) is 9.59 Å². The second-order valence-corrected chi connectivity index (χ2v) is 5.83. The van der Waals surface area contributed by atoms with Crippen LogP contribution in [0.5, 0.6) is 0 Å². The highest BCUT2D eigenvalue weighted by Crippen LogP contribution is 2.58. The highest BCUT2D eigenvalue weighted by atomic mass is 16.7. The minimum atomic E-state index is -0.805. The summed E-state index contributed by atoms with van der Waals surface area (Å²) in [5.41, 5.74) is -0.368. The summed E-state index contributed by atoms with van der Waals surface area (Å²) in [6, 6.07) is 0. The van der Waals surface area contributed by atoms with Crippen LogP contribution >= 0.6 is 0 Å². The molecule has 4 rings (SSSR count). The summed E-state index contributed by atoms with van der Waals surface area (Å²) >= 11 is 0. The monoisotopic (exact) mass is 292 g/mol. The molecule has 3 aliphatic heterocycles. The molecule has 6 nitrogen and oxygen atoms in total. The number of hydrogen-bond acceptors (Lipinski definition) is 6. The molecule has 2 saturated heterocycles. The summed E-state index contributed by atoms with van der Waals surface area (Å²) < 4.78 is 22.0. The maximum absolute atomic E-state index is 12.1. The van der Waals surface area contributed by atoms with E-state index in [1.807, 2.05) is 19.1 Å². The SMILES string of the molecule is CC[C@@H]1C(=O)O[C@@]23C=C[C@H]4C(C(=O)OC)=CO[C@@H](O[C@@H]12)[C@H]43. The summed E-state index contributed by atoms with van der Waals surface area (Å²) in [5.74, 6) is -1.38. The molecule has 3 heterocycles. The van der Waals surface area contributed by atoms with E-state index in [2.05, 4.69) is 0 Å². The van der Waals surface area contributed by atoms with Gasteiger partial charge in [0.05, 0.1) is 30.8 Å². The van der Waals surface area contributed by atoms with Crippen LogP contribution in [0.15, 0.2) is 24.0 Å². The second-order valence-electron chi connectivity index (χ2n) is 5.83. The van der Waals surface area contributed by atoms with Crippen LogP contribution in [0.25, 0.3) is 0 Å². The van der Waals surface area contributed by atoms with Gasteiger partial charge in [0.1, 0.15) is 6.10 Å². The van der Waals surface area contributed by atoms with Crippen molar-refractivity contribution in [1.29, 1.82) is 0 Å². The van der Waals surface area contributed by atoms with Gasteiger partial charge < -0.3 is 18.9 Å². The van der Waals surface area contributed by atoms with Crippen molar-refractivity contribution in [1.82, 2.24) is 0 Å². The standard InChI is InChI=1S/C15H16O6/c1-3-7-11-15(21-13(7)17)5-4-8-9(12(16)18-2)6-19-14(20-11)10(8)15/h4-8,10-11,14H,3H2,1-2H3/t7-,8-,10-,11-,14-,15+/m0/s1. The van der Waals surface area contributed by atoms with Crippen molar-refractivity contribution in [3.63, 3.8) is 0 Å². The Morgan fingerprint density at radius 1 is 1.48 bits per heavy atom. The van der Waals surface area contributed by atoms with Gasteiger partial charge in [-0.15, -0.1) is 0 Å². The third-order valence-corrected chi connectivity index (χ3v) is 4.99. The Morgan fingerprint density at radius 2 is 2.29 bits per heavy atom.